The van der Waals surface area contributed by atoms with Crippen molar-refractivity contribution in [3.63, 3.8) is 0 Å². The maximum Gasteiger partial charge on any atom is 0.192 e. The highest BCUT2D eigenvalue weighted by Gasteiger charge is 2.03. The van der Waals surface area contributed by atoms with Gasteiger partial charge in [-0.1, -0.05) is 0 Å². The van der Waals surface area contributed by atoms with Crippen LogP contribution in [-0.2, 0) is 0 Å². The van der Waals surface area contributed by atoms with Crippen LogP contribution in [0.3, 0.4) is 0 Å². The van der Waals surface area contributed by atoms with Crippen molar-refractivity contribution in [1.82, 2.24) is 4.98 Å². The number of anilines is 1. The number of benzene rings is 2. The Balaban J connectivity index is 1.53. The zero-order chi connectivity index (χ0) is 14.7. The number of hydrogen-bond acceptors (Lipinski definition) is 5. The predicted octanol–water partition coefficient (Wildman–Crippen LogP) is 3.18. The van der Waals surface area contributed by atoms with Gasteiger partial charge in [0.2, 0.25) is 0 Å². The lowest BCUT2D eigenvalue weighted by atomic mass is 10.3. The van der Waals surface area contributed by atoms with Crippen LogP contribution in [0.4, 0.5) is 5.69 Å². The molecule has 0 aliphatic rings. The average Bonchev–Trinajstić information content (AvgIpc) is 2.85. The first kappa shape index (κ1) is 13.3. The highest BCUT2D eigenvalue weighted by Crippen LogP contribution is 2.21. The number of hydrogen-bond donors (Lipinski definition) is 1. The van der Waals surface area contributed by atoms with Gasteiger partial charge in [0, 0.05) is 18.7 Å². The largest absolute Gasteiger partial charge is 0.490 e. The molecule has 0 fully saturated rings. The molecule has 0 unspecified atom stereocenters. The van der Waals surface area contributed by atoms with Crippen molar-refractivity contribution in [3.8, 4) is 11.5 Å². The SMILES string of the molecule is Cc1nc2ccc(OCCOc3ccc(N)cc3)cc2o1. The second-order valence-corrected chi connectivity index (χ2v) is 4.63. The third-order valence-corrected chi connectivity index (χ3v) is 2.97. The minimum absolute atomic E-state index is 0.447. The maximum atomic E-state index is 5.63. The zero-order valence-electron chi connectivity index (χ0n) is 11.7. The molecule has 0 saturated carbocycles. The van der Waals surface area contributed by atoms with Crippen LogP contribution in [0, 0.1) is 6.92 Å². The fourth-order valence-electron chi connectivity index (χ4n) is 1.99. The Morgan fingerprint density at radius 3 is 2.43 bits per heavy atom. The van der Waals surface area contributed by atoms with Gasteiger partial charge < -0.3 is 19.6 Å². The molecule has 3 rings (SSSR count). The van der Waals surface area contributed by atoms with E-state index in [4.69, 9.17) is 19.6 Å². The molecule has 0 amide bonds. The third kappa shape index (κ3) is 3.25. The van der Waals surface area contributed by atoms with Crippen molar-refractivity contribution in [2.45, 2.75) is 6.92 Å². The Kier molecular flexibility index (Phi) is 3.64. The first-order valence-electron chi connectivity index (χ1n) is 6.69. The molecular weight excluding hydrogens is 268 g/mol. The van der Waals surface area contributed by atoms with Crippen molar-refractivity contribution < 1.29 is 13.9 Å². The van der Waals surface area contributed by atoms with Gasteiger partial charge in [0.15, 0.2) is 11.5 Å². The third-order valence-electron chi connectivity index (χ3n) is 2.97. The minimum atomic E-state index is 0.447. The monoisotopic (exact) mass is 284 g/mol. The maximum absolute atomic E-state index is 5.63. The quantitative estimate of drug-likeness (QED) is 0.575. The fraction of sp³-hybridized carbons (Fsp3) is 0.188. The Bertz CT molecular complexity index is 735. The smallest absolute Gasteiger partial charge is 0.192 e. The van der Waals surface area contributed by atoms with Crippen LogP contribution >= 0.6 is 0 Å². The number of ether oxygens (including phenoxy) is 2. The van der Waals surface area contributed by atoms with Crippen LogP contribution in [0.2, 0.25) is 0 Å². The van der Waals surface area contributed by atoms with Gasteiger partial charge in [0.1, 0.15) is 30.2 Å². The molecule has 0 saturated heterocycles. The van der Waals surface area contributed by atoms with E-state index in [9.17, 15) is 0 Å². The topological polar surface area (TPSA) is 70.5 Å². The molecule has 1 aromatic heterocycles. The van der Waals surface area contributed by atoms with Crippen LogP contribution in [0.5, 0.6) is 11.5 Å². The standard InChI is InChI=1S/C16H16N2O3/c1-11-18-15-7-6-14(10-16(15)21-11)20-9-8-19-13-4-2-12(17)3-5-13/h2-7,10H,8-9,17H2,1H3. The van der Waals surface area contributed by atoms with Crippen molar-refractivity contribution in [3.05, 3.63) is 48.4 Å². The number of nitrogens with two attached hydrogens (primary N) is 1. The van der Waals surface area contributed by atoms with Gasteiger partial charge >= 0.3 is 0 Å². The van der Waals surface area contributed by atoms with Crippen LogP contribution in [0.1, 0.15) is 5.89 Å². The summed E-state index contributed by atoms with van der Waals surface area (Å²) < 4.78 is 16.7. The molecule has 0 aliphatic heterocycles. The second-order valence-electron chi connectivity index (χ2n) is 4.63. The molecule has 21 heavy (non-hydrogen) atoms. The summed E-state index contributed by atoms with van der Waals surface area (Å²) in [6.07, 6.45) is 0. The number of rotatable bonds is 5. The summed E-state index contributed by atoms with van der Waals surface area (Å²) in [5, 5.41) is 0. The van der Waals surface area contributed by atoms with E-state index in [2.05, 4.69) is 4.98 Å². The molecule has 2 aromatic carbocycles. The Morgan fingerprint density at radius 1 is 1.00 bits per heavy atom. The van der Waals surface area contributed by atoms with Crippen molar-refractivity contribution in [1.29, 1.82) is 0 Å². The summed E-state index contributed by atoms with van der Waals surface area (Å²) in [6, 6.07) is 12.8. The number of aromatic nitrogens is 1. The summed E-state index contributed by atoms with van der Waals surface area (Å²) in [4.78, 5) is 4.24. The number of oxazole rings is 1. The molecule has 108 valence electrons. The highest BCUT2D eigenvalue weighted by atomic mass is 16.5. The van der Waals surface area contributed by atoms with E-state index in [1.165, 1.54) is 0 Å². The van der Waals surface area contributed by atoms with Crippen LogP contribution in [0.25, 0.3) is 11.1 Å². The number of nitrogen functional groups attached to an aromatic ring is 1. The van der Waals surface area contributed by atoms with E-state index in [-0.39, 0.29) is 0 Å². The Labute approximate surface area is 122 Å². The molecule has 0 radical (unpaired) electrons. The van der Waals surface area contributed by atoms with Crippen molar-refractivity contribution in [2.24, 2.45) is 0 Å². The molecule has 5 nitrogen and oxygen atoms in total. The zero-order valence-corrected chi connectivity index (χ0v) is 11.7. The highest BCUT2D eigenvalue weighted by molar-refractivity contribution is 5.74. The van der Waals surface area contributed by atoms with Crippen molar-refractivity contribution in [2.75, 3.05) is 18.9 Å². The molecule has 1 heterocycles. The van der Waals surface area contributed by atoms with Gasteiger partial charge in [-0.15, -0.1) is 0 Å². The van der Waals surface area contributed by atoms with Gasteiger partial charge in [-0.25, -0.2) is 4.98 Å². The molecule has 0 atom stereocenters. The second kappa shape index (κ2) is 5.75. The van der Waals surface area contributed by atoms with Crippen LogP contribution in [0.15, 0.2) is 46.9 Å². The van der Waals surface area contributed by atoms with Crippen LogP contribution in [-0.4, -0.2) is 18.2 Å². The first-order valence-corrected chi connectivity index (χ1v) is 6.69. The molecule has 0 bridgehead atoms. The van der Waals surface area contributed by atoms with E-state index in [1.54, 1.807) is 12.1 Å². The molecule has 3 aromatic rings. The molecule has 0 aliphatic carbocycles. The summed E-state index contributed by atoms with van der Waals surface area (Å²) in [5.74, 6) is 2.16. The first-order chi connectivity index (χ1) is 10.2. The average molecular weight is 284 g/mol. The molecule has 2 N–H and O–H groups in total. The van der Waals surface area contributed by atoms with E-state index in [1.807, 2.05) is 37.3 Å². The minimum Gasteiger partial charge on any atom is -0.490 e. The number of nitrogens with zero attached hydrogens (tertiary/aromatic N) is 1. The van der Waals surface area contributed by atoms with Crippen LogP contribution < -0.4 is 15.2 Å². The van der Waals surface area contributed by atoms with E-state index < -0.39 is 0 Å². The Morgan fingerprint density at radius 2 is 1.67 bits per heavy atom. The Hall–Kier alpha value is -2.69. The lowest BCUT2D eigenvalue weighted by Gasteiger charge is -2.08. The van der Waals surface area contributed by atoms with Gasteiger partial charge in [-0.05, 0) is 36.4 Å². The van der Waals surface area contributed by atoms with Gasteiger partial charge in [0.25, 0.3) is 0 Å². The normalized spacial score (nSPS) is 10.7. The molecule has 0 spiro atoms. The van der Waals surface area contributed by atoms with Crippen molar-refractivity contribution >= 4 is 16.8 Å². The number of fused-ring (bicyclic) bond motifs is 1. The van der Waals surface area contributed by atoms with Gasteiger partial charge in [-0.2, -0.15) is 0 Å². The lowest BCUT2D eigenvalue weighted by molar-refractivity contribution is 0.217. The summed E-state index contributed by atoms with van der Waals surface area (Å²) in [5.41, 5.74) is 7.89. The van der Waals surface area contributed by atoms with Gasteiger partial charge in [-0.3, -0.25) is 0 Å². The molecular formula is C16H16N2O3. The van der Waals surface area contributed by atoms with E-state index in [0.717, 1.165) is 22.6 Å². The summed E-state index contributed by atoms with van der Waals surface area (Å²) in [6.45, 7) is 2.72. The number of aryl methyl sites for hydroxylation is 1. The summed E-state index contributed by atoms with van der Waals surface area (Å²) in [7, 11) is 0. The van der Waals surface area contributed by atoms with E-state index in [0.29, 0.717) is 24.8 Å². The van der Waals surface area contributed by atoms with Gasteiger partial charge in [0.05, 0.1) is 0 Å². The summed E-state index contributed by atoms with van der Waals surface area (Å²) >= 11 is 0. The fourth-order valence-corrected chi connectivity index (χ4v) is 1.99. The van der Waals surface area contributed by atoms with E-state index >= 15 is 0 Å². The lowest BCUT2D eigenvalue weighted by Crippen LogP contribution is -2.08. The molecule has 5 heteroatoms. The predicted molar refractivity (Wildman–Crippen MR) is 80.6 cm³/mol.